The van der Waals surface area contributed by atoms with Crippen LogP contribution in [0.4, 0.5) is 4.39 Å². The van der Waals surface area contributed by atoms with Gasteiger partial charge in [-0.05, 0) is 58.6 Å². The van der Waals surface area contributed by atoms with Gasteiger partial charge in [0.25, 0.3) is 11.8 Å². The summed E-state index contributed by atoms with van der Waals surface area (Å²) in [5.74, 6) is 2.16. The van der Waals surface area contributed by atoms with Gasteiger partial charge in [0.15, 0.2) is 17.2 Å². The molecule has 208 valence electrons. The van der Waals surface area contributed by atoms with E-state index in [0.717, 1.165) is 21.8 Å². The number of hydrogen-bond donors (Lipinski definition) is 3. The molecule has 1 aromatic carbocycles. The van der Waals surface area contributed by atoms with Crippen molar-refractivity contribution in [2.24, 2.45) is 40.9 Å². The fraction of sp³-hybridized carbons (Fsp3) is 0.448. The van der Waals surface area contributed by atoms with Crippen LogP contribution in [0.2, 0.25) is 0 Å². The molecule has 41 heavy (non-hydrogen) atoms. The quantitative estimate of drug-likeness (QED) is 0.388. The molecule has 6 saturated carbocycles. The number of nitrogens with one attached hydrogen (secondary N) is 3. The number of nitrogens with zero attached hydrogens (tertiary/aromatic N) is 3. The molecular formula is C29H25FN6O5. The number of ketones is 1. The maximum Gasteiger partial charge on any atom is 0.270 e. The summed E-state index contributed by atoms with van der Waals surface area (Å²) in [6.45, 7) is 2.30. The van der Waals surface area contributed by atoms with Crippen molar-refractivity contribution >= 4 is 29.2 Å². The SMILES string of the molecule is CC(=O)NC12C3C4C1C1C2C3C41CNC(=O)c1cc(C(=O)NCc2ccc3c(c2)CC(=O)CO3)nc2c(F)cnn12. The van der Waals surface area contributed by atoms with Crippen LogP contribution in [0.5, 0.6) is 5.75 Å². The average Bonchev–Trinajstić information content (AvgIpc) is 3.34. The molecule has 3 N–H and O–H groups in total. The van der Waals surface area contributed by atoms with E-state index in [-0.39, 0.29) is 59.3 Å². The molecule has 3 heterocycles. The number of ether oxygens (including phenoxy) is 1. The van der Waals surface area contributed by atoms with E-state index in [0.29, 0.717) is 47.8 Å². The number of benzene rings is 1. The van der Waals surface area contributed by atoms with Gasteiger partial charge in [0.2, 0.25) is 5.91 Å². The predicted octanol–water partition coefficient (Wildman–Crippen LogP) is 0.659. The summed E-state index contributed by atoms with van der Waals surface area (Å²) in [7, 11) is 0. The van der Waals surface area contributed by atoms with Crippen molar-refractivity contribution in [1.29, 1.82) is 0 Å². The van der Waals surface area contributed by atoms with Crippen molar-refractivity contribution in [2.75, 3.05) is 13.2 Å². The molecule has 12 heteroatoms. The van der Waals surface area contributed by atoms with Crippen molar-refractivity contribution in [2.45, 2.75) is 25.4 Å². The number of fused-ring (bicyclic) bond motifs is 2. The number of aromatic nitrogens is 3. The lowest BCUT2D eigenvalue weighted by atomic mass is 8.94. The van der Waals surface area contributed by atoms with E-state index >= 15 is 0 Å². The van der Waals surface area contributed by atoms with Crippen LogP contribution in [0.3, 0.4) is 0 Å². The van der Waals surface area contributed by atoms with Gasteiger partial charge in [-0.1, -0.05) is 6.07 Å². The largest absolute Gasteiger partial charge is 0.486 e. The molecule has 0 radical (unpaired) electrons. The van der Waals surface area contributed by atoms with Gasteiger partial charge in [-0.2, -0.15) is 5.10 Å². The van der Waals surface area contributed by atoms with Gasteiger partial charge < -0.3 is 20.7 Å². The lowest BCUT2D eigenvalue weighted by Gasteiger charge is -3.11. The van der Waals surface area contributed by atoms with Gasteiger partial charge in [-0.15, -0.1) is 0 Å². The fourth-order valence-electron chi connectivity index (χ4n) is 9.91. The Morgan fingerprint density at radius 2 is 1.83 bits per heavy atom. The number of Topliss-reactive ketones (excluding diaryl/α,β-unsaturated/α-hetero) is 1. The van der Waals surface area contributed by atoms with Gasteiger partial charge in [-0.3, -0.25) is 19.2 Å². The first-order valence-electron chi connectivity index (χ1n) is 13.9. The number of rotatable bonds is 7. The van der Waals surface area contributed by atoms with E-state index in [1.165, 1.54) is 6.07 Å². The third kappa shape index (κ3) is 2.52. The first-order valence-corrected chi connectivity index (χ1v) is 13.9. The minimum absolute atomic E-state index is 0.0153. The van der Waals surface area contributed by atoms with Crippen molar-refractivity contribution in [3.8, 4) is 5.75 Å². The average molecular weight is 557 g/mol. The molecule has 3 aromatic rings. The van der Waals surface area contributed by atoms with Crippen LogP contribution in [-0.2, 0) is 22.6 Å². The maximum absolute atomic E-state index is 14.5. The molecule has 10 rings (SSSR count). The number of halogens is 1. The van der Waals surface area contributed by atoms with Gasteiger partial charge in [-0.25, -0.2) is 13.9 Å². The van der Waals surface area contributed by atoms with Crippen molar-refractivity contribution in [3.05, 3.63) is 58.8 Å². The van der Waals surface area contributed by atoms with Gasteiger partial charge in [0.05, 0.1) is 11.7 Å². The van der Waals surface area contributed by atoms with Crippen LogP contribution < -0.4 is 20.7 Å². The Morgan fingerprint density at radius 1 is 1.07 bits per heavy atom. The standard InChI is InChI=1S/C29H25FN6O5/c1-11(37)35-29-22-19-23(29)21-24(29)20(22)28(19,21)10-32-27(40)17-6-16(34-25-15(30)8-33-36(17)25)26(39)31-7-12-2-3-18-13(4-12)5-14(38)9-41-18/h2-4,6,8,19-24H,5,7,9-10H2,1H3,(H,31,39)(H,32,40)(H,35,37). The minimum Gasteiger partial charge on any atom is -0.486 e. The van der Waals surface area contributed by atoms with Crippen LogP contribution in [0.15, 0.2) is 30.5 Å². The summed E-state index contributed by atoms with van der Waals surface area (Å²) < 4.78 is 21.1. The highest BCUT2D eigenvalue weighted by Crippen LogP contribution is 3.06. The van der Waals surface area contributed by atoms with Crippen LogP contribution in [0, 0.1) is 46.7 Å². The van der Waals surface area contributed by atoms with E-state index in [1.807, 2.05) is 0 Å². The third-order valence-corrected chi connectivity index (χ3v) is 11.0. The summed E-state index contributed by atoms with van der Waals surface area (Å²) in [6.07, 6.45) is 1.24. The number of amides is 3. The molecule has 6 aliphatic carbocycles. The Hall–Kier alpha value is -4.35. The molecule has 2 aromatic heterocycles. The molecule has 11 nitrogen and oxygen atoms in total. The summed E-state index contributed by atoms with van der Waals surface area (Å²) in [6, 6.07) is 6.69. The second-order valence-electron chi connectivity index (χ2n) is 12.4. The number of carbonyl (C=O) groups excluding carboxylic acids is 4. The Balaban J connectivity index is 0.910. The molecule has 1 aliphatic heterocycles. The van der Waals surface area contributed by atoms with Crippen LogP contribution in [-0.4, -0.2) is 56.8 Å². The summed E-state index contributed by atoms with van der Waals surface area (Å²) in [5.41, 5.74) is 1.39. The molecule has 0 spiro atoms. The summed E-state index contributed by atoms with van der Waals surface area (Å²) in [5, 5.41) is 13.0. The van der Waals surface area contributed by atoms with E-state index in [4.69, 9.17) is 4.74 Å². The van der Waals surface area contributed by atoms with Crippen molar-refractivity contribution in [3.63, 3.8) is 0 Å². The number of hydrogen-bond acceptors (Lipinski definition) is 7. The highest BCUT2D eigenvalue weighted by Gasteiger charge is 3.09. The van der Waals surface area contributed by atoms with Gasteiger partial charge in [0.1, 0.15) is 23.7 Å². The maximum atomic E-state index is 14.5. The minimum atomic E-state index is -0.738. The lowest BCUT2D eigenvalue weighted by molar-refractivity contribution is -0.622. The first kappa shape index (κ1) is 23.4. The molecule has 6 fully saturated rings. The summed E-state index contributed by atoms with van der Waals surface area (Å²) >= 11 is 0. The first-order chi connectivity index (χ1) is 19.8. The molecule has 3 amide bonds. The second kappa shape index (κ2) is 7.29. The Kier molecular flexibility index (Phi) is 4.15. The van der Waals surface area contributed by atoms with E-state index in [1.54, 1.807) is 25.1 Å². The number of carbonyl (C=O) groups is 4. The monoisotopic (exact) mass is 556 g/mol. The molecule has 0 bridgehead atoms. The smallest absolute Gasteiger partial charge is 0.270 e. The molecule has 0 atom stereocenters. The fourth-order valence-corrected chi connectivity index (χ4v) is 9.91. The molecule has 0 saturated heterocycles. The zero-order valence-corrected chi connectivity index (χ0v) is 21.9. The van der Waals surface area contributed by atoms with Gasteiger partial charge >= 0.3 is 0 Å². The third-order valence-electron chi connectivity index (χ3n) is 11.0. The van der Waals surface area contributed by atoms with Crippen LogP contribution in [0.1, 0.15) is 39.0 Å². The van der Waals surface area contributed by atoms with Gasteiger partial charge in [0, 0.05) is 38.1 Å². The van der Waals surface area contributed by atoms with Crippen molar-refractivity contribution < 1.29 is 28.3 Å². The Morgan fingerprint density at radius 3 is 2.56 bits per heavy atom. The molecule has 7 aliphatic rings. The normalized spacial score (nSPS) is 35.3. The van der Waals surface area contributed by atoms with Crippen molar-refractivity contribution in [1.82, 2.24) is 30.5 Å². The Labute approximate surface area is 232 Å². The Bertz CT molecular complexity index is 1730. The highest BCUT2D eigenvalue weighted by molar-refractivity contribution is 5.98. The van der Waals surface area contributed by atoms with E-state index in [2.05, 4.69) is 26.0 Å². The van der Waals surface area contributed by atoms with E-state index in [9.17, 15) is 23.6 Å². The lowest BCUT2D eigenvalue weighted by Crippen LogP contribution is -3.15. The van der Waals surface area contributed by atoms with Crippen LogP contribution in [0.25, 0.3) is 5.65 Å². The van der Waals surface area contributed by atoms with Crippen LogP contribution >= 0.6 is 0 Å². The van der Waals surface area contributed by atoms with E-state index < -0.39 is 17.6 Å². The summed E-state index contributed by atoms with van der Waals surface area (Å²) in [4.78, 5) is 54.0. The topological polar surface area (TPSA) is 144 Å². The zero-order valence-electron chi connectivity index (χ0n) is 21.9. The zero-order chi connectivity index (χ0) is 28.0. The highest BCUT2D eigenvalue weighted by atomic mass is 19.1. The molecular weight excluding hydrogens is 531 g/mol. The predicted molar refractivity (Wildman–Crippen MR) is 137 cm³/mol. The second-order valence-corrected chi connectivity index (χ2v) is 12.4. The molecule has 0 unspecified atom stereocenters.